The summed E-state index contributed by atoms with van der Waals surface area (Å²) in [5.74, 6) is -3.19. The number of carboxylic acids is 1. The van der Waals surface area contributed by atoms with Crippen LogP contribution in [0.1, 0.15) is 48.8 Å². The summed E-state index contributed by atoms with van der Waals surface area (Å²) in [5.41, 5.74) is 2.26. The number of benzene rings is 2. The first-order valence-electron chi connectivity index (χ1n) is 11.4. The number of carboxylic acid groups (broad SMARTS) is 1. The lowest BCUT2D eigenvalue weighted by atomic mass is 9.66. The number of ether oxygens (including phenoxy) is 1. The lowest BCUT2D eigenvalue weighted by Gasteiger charge is -2.41. The van der Waals surface area contributed by atoms with E-state index in [4.69, 9.17) is 4.74 Å². The number of hydrogen-bond donors (Lipinski definition) is 3. The van der Waals surface area contributed by atoms with Gasteiger partial charge < -0.3 is 19.5 Å². The maximum absolute atomic E-state index is 14.4. The molecule has 176 valence electrons. The Morgan fingerprint density at radius 2 is 1.88 bits per heavy atom. The SMILES string of the molecule is O=C(O)C1(O)CC(c2c(C3CCOCC3)n(-c3ccc(F)c(F)c3)c3cc4cn[nH]c4cc23)C1. The van der Waals surface area contributed by atoms with Crippen LogP contribution in [0.3, 0.4) is 0 Å². The molecule has 2 fully saturated rings. The van der Waals surface area contributed by atoms with E-state index in [1.54, 1.807) is 12.3 Å². The summed E-state index contributed by atoms with van der Waals surface area (Å²) in [6.45, 7) is 1.16. The number of halogens is 2. The topological polar surface area (TPSA) is 100 Å². The fraction of sp³-hybridized carbons (Fsp3) is 0.360. The molecule has 0 unspecified atom stereocenters. The highest BCUT2D eigenvalue weighted by Gasteiger charge is 2.51. The van der Waals surface area contributed by atoms with Gasteiger partial charge in [-0.3, -0.25) is 5.10 Å². The second-order valence-electron chi connectivity index (χ2n) is 9.39. The van der Waals surface area contributed by atoms with Gasteiger partial charge in [-0.1, -0.05) is 0 Å². The zero-order valence-corrected chi connectivity index (χ0v) is 18.2. The predicted molar refractivity (Wildman–Crippen MR) is 120 cm³/mol. The first kappa shape index (κ1) is 21.2. The molecule has 1 saturated carbocycles. The van der Waals surface area contributed by atoms with Gasteiger partial charge in [-0.15, -0.1) is 0 Å². The summed E-state index contributed by atoms with van der Waals surface area (Å²) in [7, 11) is 0. The highest BCUT2D eigenvalue weighted by molar-refractivity contribution is 5.99. The van der Waals surface area contributed by atoms with Crippen LogP contribution in [0.25, 0.3) is 27.5 Å². The second kappa shape index (κ2) is 7.61. The van der Waals surface area contributed by atoms with Crippen LogP contribution >= 0.6 is 0 Å². The molecule has 6 rings (SSSR count). The molecular weight excluding hydrogens is 444 g/mol. The van der Waals surface area contributed by atoms with Gasteiger partial charge in [-0.05, 0) is 61.4 Å². The van der Waals surface area contributed by atoms with Crippen LogP contribution < -0.4 is 0 Å². The number of aromatic amines is 1. The fourth-order valence-corrected chi connectivity index (χ4v) is 5.61. The molecule has 0 bridgehead atoms. The van der Waals surface area contributed by atoms with Crippen molar-refractivity contribution in [3.63, 3.8) is 0 Å². The van der Waals surface area contributed by atoms with Gasteiger partial charge in [-0.2, -0.15) is 5.10 Å². The molecule has 0 radical (unpaired) electrons. The summed E-state index contributed by atoms with van der Waals surface area (Å²) in [6.07, 6.45) is 3.40. The molecule has 2 aromatic carbocycles. The molecule has 4 aromatic rings. The van der Waals surface area contributed by atoms with E-state index < -0.39 is 23.2 Å². The minimum absolute atomic E-state index is 0.0826. The number of H-pyrrole nitrogens is 1. The largest absolute Gasteiger partial charge is 0.479 e. The molecule has 0 atom stereocenters. The van der Waals surface area contributed by atoms with Crippen molar-refractivity contribution in [2.75, 3.05) is 13.2 Å². The van der Waals surface area contributed by atoms with Crippen LogP contribution in [0.4, 0.5) is 8.78 Å². The highest BCUT2D eigenvalue weighted by Crippen LogP contribution is 2.52. The summed E-state index contributed by atoms with van der Waals surface area (Å²) in [4.78, 5) is 11.6. The van der Waals surface area contributed by atoms with E-state index in [0.29, 0.717) is 18.9 Å². The van der Waals surface area contributed by atoms with Gasteiger partial charge in [0, 0.05) is 47.4 Å². The Morgan fingerprint density at radius 1 is 1.12 bits per heavy atom. The first-order valence-corrected chi connectivity index (χ1v) is 11.4. The molecule has 3 heterocycles. The zero-order valence-electron chi connectivity index (χ0n) is 18.2. The van der Waals surface area contributed by atoms with Crippen molar-refractivity contribution < 1.29 is 28.5 Å². The number of carbonyl (C=O) groups is 1. The Kier molecular flexibility index (Phi) is 4.76. The lowest BCUT2D eigenvalue weighted by Crippen LogP contribution is -2.49. The van der Waals surface area contributed by atoms with Crippen molar-refractivity contribution in [3.8, 4) is 5.69 Å². The Morgan fingerprint density at radius 3 is 2.59 bits per heavy atom. The molecular formula is C25H23F2N3O4. The number of aliphatic hydroxyl groups is 1. The van der Waals surface area contributed by atoms with E-state index in [1.807, 2.05) is 16.7 Å². The van der Waals surface area contributed by atoms with E-state index in [1.165, 1.54) is 6.07 Å². The molecule has 1 saturated heterocycles. The number of hydrogen-bond acceptors (Lipinski definition) is 4. The smallest absolute Gasteiger partial charge is 0.335 e. The second-order valence-corrected chi connectivity index (χ2v) is 9.39. The normalized spacial score (nSPS) is 23.4. The van der Waals surface area contributed by atoms with E-state index in [2.05, 4.69) is 10.2 Å². The summed E-state index contributed by atoms with van der Waals surface area (Å²) in [5, 5.41) is 28.8. The molecule has 1 aliphatic heterocycles. The molecule has 34 heavy (non-hydrogen) atoms. The standard InChI is InChI=1S/C25H23F2N3O4/c26-18-2-1-16(8-19(18)27)30-21-7-14-12-28-29-20(14)9-17(21)22(15-10-25(33,11-15)24(31)32)23(30)13-3-5-34-6-4-13/h1-2,7-9,12-13,15,33H,3-6,10-11H2,(H,28,29)(H,31,32). The Bertz CT molecular complexity index is 1430. The number of fused-ring (bicyclic) bond motifs is 2. The van der Waals surface area contributed by atoms with Gasteiger partial charge in [0.05, 0.1) is 17.2 Å². The third-order valence-electron chi connectivity index (χ3n) is 7.35. The van der Waals surface area contributed by atoms with Gasteiger partial charge in [0.15, 0.2) is 17.2 Å². The third kappa shape index (κ3) is 3.14. The Hall–Kier alpha value is -3.30. The summed E-state index contributed by atoms with van der Waals surface area (Å²) < 4.78 is 35.7. The molecule has 9 heteroatoms. The highest BCUT2D eigenvalue weighted by atomic mass is 19.2. The number of rotatable bonds is 4. The summed E-state index contributed by atoms with van der Waals surface area (Å²) in [6, 6.07) is 7.80. The van der Waals surface area contributed by atoms with Crippen molar-refractivity contribution in [3.05, 3.63) is 59.4 Å². The Balaban J connectivity index is 1.65. The molecule has 0 amide bonds. The average molecular weight is 467 g/mol. The number of aliphatic carboxylic acids is 1. The minimum Gasteiger partial charge on any atom is -0.479 e. The minimum atomic E-state index is -1.76. The van der Waals surface area contributed by atoms with Crippen LogP contribution in [0.5, 0.6) is 0 Å². The van der Waals surface area contributed by atoms with Gasteiger partial charge in [-0.25, -0.2) is 13.6 Å². The van der Waals surface area contributed by atoms with Gasteiger partial charge in [0.2, 0.25) is 0 Å². The van der Waals surface area contributed by atoms with Crippen LogP contribution in [-0.4, -0.2) is 49.8 Å². The Labute approximate surface area is 193 Å². The maximum Gasteiger partial charge on any atom is 0.335 e. The quantitative estimate of drug-likeness (QED) is 0.414. The molecule has 7 nitrogen and oxygen atoms in total. The molecule has 1 aliphatic carbocycles. The monoisotopic (exact) mass is 467 g/mol. The summed E-state index contributed by atoms with van der Waals surface area (Å²) >= 11 is 0. The van der Waals surface area contributed by atoms with Crippen LogP contribution in [0.2, 0.25) is 0 Å². The van der Waals surface area contributed by atoms with Crippen LogP contribution in [-0.2, 0) is 9.53 Å². The average Bonchev–Trinajstić information content (AvgIpc) is 3.39. The van der Waals surface area contributed by atoms with Crippen LogP contribution in [0, 0.1) is 11.6 Å². The van der Waals surface area contributed by atoms with Crippen molar-refractivity contribution in [1.82, 2.24) is 14.8 Å². The zero-order chi connectivity index (χ0) is 23.6. The van der Waals surface area contributed by atoms with Gasteiger partial charge in [0.1, 0.15) is 0 Å². The number of aromatic nitrogens is 3. The lowest BCUT2D eigenvalue weighted by molar-refractivity contribution is -0.169. The molecule has 2 aliphatic rings. The number of nitrogens with one attached hydrogen (secondary N) is 1. The maximum atomic E-state index is 14.4. The number of nitrogens with zero attached hydrogens (tertiary/aromatic N) is 2. The fourth-order valence-electron chi connectivity index (χ4n) is 5.61. The van der Waals surface area contributed by atoms with E-state index in [9.17, 15) is 23.8 Å². The third-order valence-corrected chi connectivity index (χ3v) is 7.35. The molecule has 0 spiro atoms. The van der Waals surface area contributed by atoms with Gasteiger partial charge in [0.25, 0.3) is 0 Å². The van der Waals surface area contributed by atoms with Gasteiger partial charge >= 0.3 is 5.97 Å². The molecule has 3 N–H and O–H groups in total. The van der Waals surface area contributed by atoms with Crippen molar-refractivity contribution >= 4 is 27.8 Å². The van der Waals surface area contributed by atoms with Crippen molar-refractivity contribution in [2.45, 2.75) is 43.1 Å². The first-order chi connectivity index (χ1) is 16.4. The van der Waals surface area contributed by atoms with E-state index in [0.717, 1.165) is 52.0 Å². The predicted octanol–water partition coefficient (Wildman–Crippen LogP) is 4.37. The molecule has 2 aromatic heterocycles. The van der Waals surface area contributed by atoms with E-state index >= 15 is 0 Å². The van der Waals surface area contributed by atoms with Crippen molar-refractivity contribution in [1.29, 1.82) is 0 Å². The van der Waals surface area contributed by atoms with Crippen molar-refractivity contribution in [2.24, 2.45) is 0 Å². The van der Waals surface area contributed by atoms with Crippen LogP contribution in [0.15, 0.2) is 36.5 Å². The van der Waals surface area contributed by atoms with E-state index in [-0.39, 0.29) is 24.7 Å².